The van der Waals surface area contributed by atoms with Gasteiger partial charge in [0.2, 0.25) is 5.91 Å². The average Bonchev–Trinajstić information content (AvgIpc) is 3.26. The van der Waals surface area contributed by atoms with Crippen LogP contribution in [0.3, 0.4) is 0 Å². The van der Waals surface area contributed by atoms with E-state index in [1.807, 2.05) is 0 Å². The van der Waals surface area contributed by atoms with Gasteiger partial charge >= 0.3 is 6.09 Å². The Kier molecular flexibility index (Phi) is 7.48. The van der Waals surface area contributed by atoms with Gasteiger partial charge in [-0.15, -0.1) is 0 Å². The zero-order valence-corrected chi connectivity index (χ0v) is 19.1. The van der Waals surface area contributed by atoms with E-state index in [0.717, 1.165) is 24.3 Å². The highest BCUT2D eigenvalue weighted by Crippen LogP contribution is 2.24. The fourth-order valence-electron chi connectivity index (χ4n) is 4.12. The normalized spacial score (nSPS) is 18.7. The topological polar surface area (TPSA) is 68.3 Å². The van der Waals surface area contributed by atoms with Crippen molar-refractivity contribution in [1.29, 1.82) is 0 Å². The number of benzene rings is 2. The summed E-state index contributed by atoms with van der Waals surface area (Å²) < 4.78 is 56.4. The van der Waals surface area contributed by atoms with Gasteiger partial charge in [0, 0.05) is 30.8 Å². The Morgan fingerprint density at radius 3 is 2.43 bits per heavy atom. The Labute approximate surface area is 200 Å². The highest BCUT2D eigenvalue weighted by atomic mass is 19.2. The summed E-state index contributed by atoms with van der Waals surface area (Å²) in [6, 6.07) is 8.90. The molecule has 186 valence electrons. The summed E-state index contributed by atoms with van der Waals surface area (Å²) in [5, 5.41) is 0. The average molecular weight is 490 g/mol. The maximum atomic E-state index is 13.8. The molecule has 0 saturated carbocycles. The minimum atomic E-state index is -1.58. The van der Waals surface area contributed by atoms with Crippen molar-refractivity contribution >= 4 is 18.1 Å². The molecule has 0 aromatic heterocycles. The zero-order chi connectivity index (χ0) is 24.9. The van der Waals surface area contributed by atoms with Crippen molar-refractivity contribution in [3.63, 3.8) is 0 Å². The predicted molar refractivity (Wildman–Crippen MR) is 120 cm³/mol. The minimum absolute atomic E-state index is 0.0786. The standard InChI is InChI=1S/C25H25F3N2O5/c1-33-18-4-6-19(7-5-18)34-15-20-14-30(25(32)35-20)17-10-12-29(13-11-17)22(31)9-3-16-2-8-21(26)24(28)23(16)27/h2-9,17,20H,10-15H2,1H3. The van der Waals surface area contributed by atoms with Gasteiger partial charge in [-0.25, -0.2) is 18.0 Å². The van der Waals surface area contributed by atoms with Crippen LogP contribution < -0.4 is 9.47 Å². The van der Waals surface area contributed by atoms with Gasteiger partial charge in [-0.05, 0) is 55.3 Å². The van der Waals surface area contributed by atoms with Crippen molar-refractivity contribution < 1.29 is 37.0 Å². The molecule has 2 aliphatic rings. The van der Waals surface area contributed by atoms with Crippen molar-refractivity contribution in [2.75, 3.05) is 33.4 Å². The third-order valence-electron chi connectivity index (χ3n) is 6.09. The van der Waals surface area contributed by atoms with Gasteiger partial charge < -0.3 is 24.0 Å². The monoisotopic (exact) mass is 490 g/mol. The van der Waals surface area contributed by atoms with Crippen molar-refractivity contribution in [1.82, 2.24) is 9.80 Å². The first kappa shape index (κ1) is 24.4. The molecule has 0 radical (unpaired) electrons. The molecule has 0 bridgehead atoms. The van der Waals surface area contributed by atoms with Gasteiger partial charge in [-0.3, -0.25) is 4.79 Å². The highest BCUT2D eigenvalue weighted by molar-refractivity contribution is 5.91. The number of hydrogen-bond donors (Lipinski definition) is 0. The summed E-state index contributed by atoms with van der Waals surface area (Å²) in [7, 11) is 1.58. The number of rotatable bonds is 7. The number of carbonyl (C=O) groups excluding carboxylic acids is 2. The fourth-order valence-corrected chi connectivity index (χ4v) is 4.12. The maximum Gasteiger partial charge on any atom is 0.410 e. The second-order valence-electron chi connectivity index (χ2n) is 8.30. The number of nitrogens with zero attached hydrogens (tertiary/aromatic N) is 2. The van der Waals surface area contributed by atoms with Gasteiger partial charge in [-0.2, -0.15) is 0 Å². The molecular formula is C25H25F3N2O5. The number of piperidine rings is 1. The number of ether oxygens (including phenoxy) is 3. The van der Waals surface area contributed by atoms with E-state index in [2.05, 4.69) is 0 Å². The Hall–Kier alpha value is -3.69. The first-order chi connectivity index (χ1) is 16.9. The molecule has 1 atom stereocenters. The van der Waals surface area contributed by atoms with Gasteiger partial charge in [0.15, 0.2) is 23.6 Å². The van der Waals surface area contributed by atoms with Crippen LogP contribution in [-0.4, -0.2) is 67.3 Å². The molecular weight excluding hydrogens is 465 g/mol. The van der Waals surface area contributed by atoms with Gasteiger partial charge in [-0.1, -0.05) is 0 Å². The number of cyclic esters (lactones) is 1. The zero-order valence-electron chi connectivity index (χ0n) is 19.1. The molecule has 2 fully saturated rings. The van der Waals surface area contributed by atoms with E-state index in [-0.39, 0.29) is 24.1 Å². The van der Waals surface area contributed by atoms with Gasteiger partial charge in [0.1, 0.15) is 18.1 Å². The van der Waals surface area contributed by atoms with Crippen LogP contribution in [0.2, 0.25) is 0 Å². The molecule has 7 nitrogen and oxygen atoms in total. The van der Waals surface area contributed by atoms with Gasteiger partial charge in [0.05, 0.1) is 13.7 Å². The molecule has 0 N–H and O–H groups in total. The van der Waals surface area contributed by atoms with E-state index in [9.17, 15) is 22.8 Å². The Balaban J connectivity index is 1.25. The van der Waals surface area contributed by atoms with Crippen molar-refractivity contribution in [2.45, 2.75) is 25.0 Å². The maximum absolute atomic E-state index is 13.8. The number of amides is 2. The van der Waals surface area contributed by atoms with Crippen LogP contribution in [0.1, 0.15) is 18.4 Å². The molecule has 2 aromatic rings. The highest BCUT2D eigenvalue weighted by Gasteiger charge is 2.38. The summed E-state index contributed by atoms with van der Waals surface area (Å²) in [5.41, 5.74) is -0.213. The number of likely N-dealkylation sites (tertiary alicyclic amines) is 1. The molecule has 2 aliphatic heterocycles. The first-order valence-electron chi connectivity index (χ1n) is 11.2. The van der Waals surface area contributed by atoms with E-state index in [4.69, 9.17) is 14.2 Å². The van der Waals surface area contributed by atoms with Crippen LogP contribution in [0, 0.1) is 17.5 Å². The number of halogens is 3. The van der Waals surface area contributed by atoms with Crippen molar-refractivity contribution in [3.05, 3.63) is 65.5 Å². The Bertz CT molecular complexity index is 1100. The second-order valence-corrected chi connectivity index (χ2v) is 8.30. The SMILES string of the molecule is COc1ccc(OCC2CN(C3CCN(C(=O)C=Cc4ccc(F)c(F)c4F)CC3)C(=O)O2)cc1. The molecule has 10 heteroatoms. The second kappa shape index (κ2) is 10.7. The third kappa shape index (κ3) is 5.70. The van der Waals surface area contributed by atoms with Crippen LogP contribution in [0.5, 0.6) is 11.5 Å². The van der Waals surface area contributed by atoms with Crippen LogP contribution >= 0.6 is 0 Å². The lowest BCUT2D eigenvalue weighted by atomic mass is 10.0. The fraction of sp³-hybridized carbons (Fsp3) is 0.360. The van der Waals surface area contributed by atoms with E-state index in [0.29, 0.717) is 44.0 Å². The number of methoxy groups -OCH3 is 1. The minimum Gasteiger partial charge on any atom is -0.497 e. The van der Waals surface area contributed by atoms with Crippen LogP contribution in [-0.2, 0) is 9.53 Å². The van der Waals surface area contributed by atoms with Gasteiger partial charge in [0.25, 0.3) is 0 Å². The number of hydrogen-bond acceptors (Lipinski definition) is 5. The van der Waals surface area contributed by atoms with E-state index >= 15 is 0 Å². The van der Waals surface area contributed by atoms with Crippen molar-refractivity contribution in [2.24, 2.45) is 0 Å². The molecule has 35 heavy (non-hydrogen) atoms. The molecule has 2 aromatic carbocycles. The Morgan fingerprint density at radius 1 is 1.06 bits per heavy atom. The lowest BCUT2D eigenvalue weighted by molar-refractivity contribution is -0.127. The summed E-state index contributed by atoms with van der Waals surface area (Å²) >= 11 is 0. The van der Waals surface area contributed by atoms with Crippen LogP contribution in [0.4, 0.5) is 18.0 Å². The molecule has 1 unspecified atom stereocenters. The number of carbonyl (C=O) groups is 2. The molecule has 2 saturated heterocycles. The third-order valence-corrected chi connectivity index (χ3v) is 6.09. The first-order valence-corrected chi connectivity index (χ1v) is 11.2. The lowest BCUT2D eigenvalue weighted by Gasteiger charge is -2.35. The van der Waals surface area contributed by atoms with Crippen LogP contribution in [0.25, 0.3) is 6.08 Å². The predicted octanol–water partition coefficient (Wildman–Crippen LogP) is 4.02. The largest absolute Gasteiger partial charge is 0.497 e. The van der Waals surface area contributed by atoms with E-state index in [1.165, 1.54) is 0 Å². The smallest absolute Gasteiger partial charge is 0.410 e. The quantitative estimate of drug-likeness (QED) is 0.433. The lowest BCUT2D eigenvalue weighted by Crippen LogP contribution is -2.47. The Morgan fingerprint density at radius 2 is 1.74 bits per heavy atom. The molecule has 0 spiro atoms. The summed E-state index contributed by atoms with van der Waals surface area (Å²) in [4.78, 5) is 28.1. The van der Waals surface area contributed by atoms with Crippen LogP contribution in [0.15, 0.2) is 42.5 Å². The van der Waals surface area contributed by atoms with Crippen molar-refractivity contribution in [3.8, 4) is 11.5 Å². The molecule has 0 aliphatic carbocycles. The summed E-state index contributed by atoms with van der Waals surface area (Å²) in [6.07, 6.45) is 2.55. The molecule has 2 heterocycles. The van der Waals surface area contributed by atoms with E-state index < -0.39 is 29.6 Å². The molecule has 2 amide bonds. The summed E-state index contributed by atoms with van der Waals surface area (Å²) in [5.74, 6) is -3.22. The summed E-state index contributed by atoms with van der Waals surface area (Å²) in [6.45, 7) is 1.40. The molecule has 4 rings (SSSR count). The van der Waals surface area contributed by atoms with E-state index in [1.54, 1.807) is 41.2 Å².